The molecular formula is C16H18N6O. The van der Waals surface area contributed by atoms with Gasteiger partial charge in [-0.05, 0) is 38.5 Å². The van der Waals surface area contributed by atoms with Gasteiger partial charge in [-0.15, -0.1) is 5.10 Å². The van der Waals surface area contributed by atoms with Crippen molar-refractivity contribution in [2.24, 2.45) is 0 Å². The average molecular weight is 310 g/mol. The van der Waals surface area contributed by atoms with Gasteiger partial charge in [-0.1, -0.05) is 17.3 Å². The lowest BCUT2D eigenvalue weighted by Gasteiger charge is -2.22. The average Bonchev–Trinajstić information content (AvgIpc) is 2.94. The molecule has 2 aromatic heterocycles. The monoisotopic (exact) mass is 310 g/mol. The number of hydrogen-bond acceptors (Lipinski definition) is 7. The van der Waals surface area contributed by atoms with Crippen LogP contribution in [0.5, 0.6) is 0 Å². The van der Waals surface area contributed by atoms with Crippen LogP contribution in [-0.4, -0.2) is 26.9 Å². The normalized spacial score (nSPS) is 10.6. The lowest BCUT2D eigenvalue weighted by atomic mass is 10.2. The summed E-state index contributed by atoms with van der Waals surface area (Å²) in [5.74, 6) is 2.37. The maximum Gasteiger partial charge on any atom is 0.250 e. The summed E-state index contributed by atoms with van der Waals surface area (Å²) in [6, 6.07) is 10.0. The third-order valence-corrected chi connectivity index (χ3v) is 3.32. The summed E-state index contributed by atoms with van der Waals surface area (Å²) in [5, 5.41) is 14.9. The van der Waals surface area contributed by atoms with E-state index in [-0.39, 0.29) is 0 Å². The van der Waals surface area contributed by atoms with E-state index < -0.39 is 0 Å². The molecular weight excluding hydrogens is 292 g/mol. The molecule has 0 spiro atoms. The summed E-state index contributed by atoms with van der Waals surface area (Å²) in [4.78, 5) is 6.58. The summed E-state index contributed by atoms with van der Waals surface area (Å²) in [7, 11) is 0. The second-order valence-electron chi connectivity index (χ2n) is 5.17. The molecule has 23 heavy (non-hydrogen) atoms. The van der Waals surface area contributed by atoms with Crippen molar-refractivity contribution in [1.82, 2.24) is 20.3 Å². The van der Waals surface area contributed by atoms with Gasteiger partial charge in [0.05, 0.1) is 6.20 Å². The van der Waals surface area contributed by atoms with E-state index in [2.05, 4.69) is 56.5 Å². The highest BCUT2D eigenvalue weighted by Gasteiger charge is 2.11. The van der Waals surface area contributed by atoms with Gasteiger partial charge in [0.25, 0.3) is 0 Å². The topological polar surface area (TPSA) is 80.0 Å². The molecule has 3 aromatic rings. The predicted octanol–water partition coefficient (Wildman–Crippen LogP) is 3.38. The maximum absolute atomic E-state index is 5.02. The van der Waals surface area contributed by atoms with E-state index in [0.29, 0.717) is 17.5 Å². The van der Waals surface area contributed by atoms with Gasteiger partial charge < -0.3 is 14.7 Å². The second-order valence-corrected chi connectivity index (χ2v) is 5.17. The number of nitrogens with one attached hydrogen (secondary N) is 1. The molecule has 0 aliphatic carbocycles. The van der Waals surface area contributed by atoms with Crippen LogP contribution in [0.2, 0.25) is 0 Å². The third-order valence-electron chi connectivity index (χ3n) is 3.32. The highest BCUT2D eigenvalue weighted by atomic mass is 16.5. The molecule has 0 saturated carbocycles. The van der Waals surface area contributed by atoms with Crippen LogP contribution in [0.1, 0.15) is 18.2 Å². The molecule has 7 heteroatoms. The number of hydrogen-bond donors (Lipinski definition) is 1. The fourth-order valence-corrected chi connectivity index (χ4v) is 2.29. The van der Waals surface area contributed by atoms with E-state index in [1.54, 1.807) is 12.3 Å². The fourth-order valence-electron chi connectivity index (χ4n) is 2.29. The highest BCUT2D eigenvalue weighted by Crippen LogP contribution is 2.24. The van der Waals surface area contributed by atoms with Crippen molar-refractivity contribution in [3.63, 3.8) is 0 Å². The van der Waals surface area contributed by atoms with Gasteiger partial charge in [0.2, 0.25) is 5.95 Å². The Bertz CT molecular complexity index is 801. The molecule has 2 heterocycles. The Labute approximate surface area is 134 Å². The molecule has 0 amide bonds. The van der Waals surface area contributed by atoms with Crippen molar-refractivity contribution in [2.45, 2.75) is 20.8 Å². The zero-order valence-corrected chi connectivity index (χ0v) is 13.3. The van der Waals surface area contributed by atoms with E-state index in [0.717, 1.165) is 18.1 Å². The molecule has 118 valence electrons. The third kappa shape index (κ3) is 3.45. The van der Waals surface area contributed by atoms with Gasteiger partial charge in [-0.25, -0.2) is 0 Å². The first-order chi connectivity index (χ1) is 11.2. The lowest BCUT2D eigenvalue weighted by molar-refractivity contribution is 0.400. The van der Waals surface area contributed by atoms with E-state index in [4.69, 9.17) is 4.52 Å². The summed E-state index contributed by atoms with van der Waals surface area (Å²) in [6.45, 7) is 6.73. The lowest BCUT2D eigenvalue weighted by Crippen LogP contribution is -2.18. The Balaban J connectivity index is 1.88. The number of nitrogens with zero attached hydrogens (tertiary/aromatic N) is 5. The van der Waals surface area contributed by atoms with Gasteiger partial charge in [0, 0.05) is 18.3 Å². The van der Waals surface area contributed by atoms with Crippen molar-refractivity contribution in [1.29, 1.82) is 0 Å². The minimum atomic E-state index is 0.377. The largest absolute Gasteiger partial charge is 0.360 e. The molecule has 3 rings (SSSR count). The molecule has 1 aromatic carbocycles. The first-order valence-corrected chi connectivity index (χ1v) is 7.40. The number of aromatic nitrogens is 4. The predicted molar refractivity (Wildman–Crippen MR) is 88.2 cm³/mol. The maximum atomic E-state index is 5.02. The van der Waals surface area contributed by atoms with Crippen molar-refractivity contribution in [3.05, 3.63) is 47.9 Å². The van der Waals surface area contributed by atoms with Crippen LogP contribution >= 0.6 is 0 Å². The van der Waals surface area contributed by atoms with Crippen LogP contribution in [0.4, 0.5) is 23.3 Å². The van der Waals surface area contributed by atoms with Crippen LogP contribution in [0.3, 0.4) is 0 Å². The van der Waals surface area contributed by atoms with Crippen LogP contribution in [0.25, 0.3) is 0 Å². The zero-order chi connectivity index (χ0) is 16.2. The van der Waals surface area contributed by atoms with E-state index in [1.807, 2.05) is 19.1 Å². The highest BCUT2D eigenvalue weighted by molar-refractivity contribution is 5.61. The molecule has 0 aliphatic heterocycles. The quantitative estimate of drug-likeness (QED) is 0.773. The van der Waals surface area contributed by atoms with Crippen molar-refractivity contribution in [3.8, 4) is 0 Å². The van der Waals surface area contributed by atoms with Gasteiger partial charge in [-0.3, -0.25) is 0 Å². The van der Waals surface area contributed by atoms with Crippen molar-refractivity contribution >= 4 is 23.3 Å². The molecule has 0 unspecified atom stereocenters. The second kappa shape index (κ2) is 6.43. The fraction of sp³-hybridized carbons (Fsp3) is 0.250. The Hall–Kier alpha value is -2.96. The molecule has 0 saturated heterocycles. The molecule has 0 fully saturated rings. The number of rotatable bonds is 5. The zero-order valence-electron chi connectivity index (χ0n) is 13.3. The van der Waals surface area contributed by atoms with Gasteiger partial charge in [0.1, 0.15) is 5.76 Å². The SMILES string of the molecule is CCN(c1cccc(C)c1)c1cnnc(Nc2cc(C)on2)n1. The number of anilines is 4. The first-order valence-electron chi connectivity index (χ1n) is 7.40. The summed E-state index contributed by atoms with van der Waals surface area (Å²) in [5.41, 5.74) is 2.26. The minimum Gasteiger partial charge on any atom is -0.360 e. The number of benzene rings is 1. The first kappa shape index (κ1) is 15.0. The molecule has 7 nitrogen and oxygen atoms in total. The Morgan fingerprint density at radius 3 is 2.78 bits per heavy atom. The summed E-state index contributed by atoms with van der Waals surface area (Å²) >= 11 is 0. The number of aryl methyl sites for hydroxylation is 2. The molecule has 1 N–H and O–H groups in total. The Morgan fingerprint density at radius 2 is 2.09 bits per heavy atom. The van der Waals surface area contributed by atoms with E-state index in [9.17, 15) is 0 Å². The van der Waals surface area contributed by atoms with Crippen LogP contribution in [0, 0.1) is 13.8 Å². The van der Waals surface area contributed by atoms with Crippen LogP contribution < -0.4 is 10.2 Å². The molecule has 0 aliphatic rings. The molecule has 0 bridgehead atoms. The van der Waals surface area contributed by atoms with Gasteiger partial charge >= 0.3 is 0 Å². The molecule has 0 radical (unpaired) electrons. The van der Waals surface area contributed by atoms with Crippen molar-refractivity contribution < 1.29 is 4.52 Å². The van der Waals surface area contributed by atoms with E-state index >= 15 is 0 Å². The Kier molecular flexibility index (Phi) is 4.18. The minimum absolute atomic E-state index is 0.377. The smallest absolute Gasteiger partial charge is 0.250 e. The summed E-state index contributed by atoms with van der Waals surface area (Å²) in [6.07, 6.45) is 1.64. The van der Waals surface area contributed by atoms with Crippen LogP contribution in [0.15, 0.2) is 41.1 Å². The summed E-state index contributed by atoms with van der Waals surface area (Å²) < 4.78 is 5.02. The van der Waals surface area contributed by atoms with Gasteiger partial charge in [-0.2, -0.15) is 10.1 Å². The van der Waals surface area contributed by atoms with E-state index in [1.165, 1.54) is 5.56 Å². The van der Waals surface area contributed by atoms with Crippen molar-refractivity contribution in [2.75, 3.05) is 16.8 Å². The standard InChI is InChI=1S/C16H18N6O/c1-4-22(13-7-5-6-11(2)8-13)15-10-17-20-16(19-15)18-14-9-12(3)23-21-14/h5-10H,4H2,1-3H3,(H,18,19,20,21). The Morgan fingerprint density at radius 1 is 1.22 bits per heavy atom. The molecule has 0 atom stereocenters. The van der Waals surface area contributed by atoms with Gasteiger partial charge in [0.15, 0.2) is 11.6 Å². The van der Waals surface area contributed by atoms with Crippen LogP contribution in [-0.2, 0) is 0 Å².